The van der Waals surface area contributed by atoms with E-state index in [4.69, 9.17) is 0 Å². The quantitative estimate of drug-likeness (QED) is 0.623. The summed E-state index contributed by atoms with van der Waals surface area (Å²) in [6, 6.07) is 1.80. The van der Waals surface area contributed by atoms with E-state index in [-0.39, 0.29) is 11.9 Å². The Kier molecular flexibility index (Phi) is 7.00. The molecule has 2 unspecified atom stereocenters. The van der Waals surface area contributed by atoms with Gasteiger partial charge in [0.15, 0.2) is 0 Å². The monoisotopic (exact) mass is 448 g/mol. The lowest BCUT2D eigenvalue weighted by Gasteiger charge is -2.26. The maximum absolute atomic E-state index is 12.6. The number of carbonyl (C=O) groups excluding carboxylic acids is 1. The highest BCUT2D eigenvalue weighted by Gasteiger charge is 2.39. The van der Waals surface area contributed by atoms with Crippen molar-refractivity contribution in [3.63, 3.8) is 0 Å². The highest BCUT2D eigenvalue weighted by molar-refractivity contribution is 6.00. The van der Waals surface area contributed by atoms with Crippen molar-refractivity contribution in [2.75, 3.05) is 18.9 Å². The molecule has 2 heterocycles. The molecule has 1 amide bonds. The van der Waals surface area contributed by atoms with E-state index in [1.165, 1.54) is 6.33 Å². The van der Waals surface area contributed by atoms with Gasteiger partial charge in [-0.05, 0) is 51.3 Å². The van der Waals surface area contributed by atoms with Crippen molar-refractivity contribution in [1.82, 2.24) is 19.4 Å². The molecule has 10 heteroatoms. The minimum absolute atomic E-state index is 0.143. The number of rotatable bonds is 7. The Morgan fingerprint density at radius 2 is 2.12 bits per heavy atom. The summed E-state index contributed by atoms with van der Waals surface area (Å²) in [5.74, 6) is -1.79. The lowest BCUT2D eigenvalue weighted by molar-refractivity contribution is -0.167. The number of fused-ring (bicyclic) bond motifs is 1. The molecule has 0 radical (unpaired) electrons. The number of aliphatic imine (C=N–C) groups is 1. The van der Waals surface area contributed by atoms with E-state index in [2.05, 4.69) is 26.4 Å². The van der Waals surface area contributed by atoms with E-state index < -0.39 is 12.1 Å². The molecule has 3 rings (SSSR count). The van der Waals surface area contributed by atoms with Gasteiger partial charge in [0, 0.05) is 32.0 Å². The number of hydrogen-bond donors (Lipinski definition) is 1. The third kappa shape index (κ3) is 5.00. The van der Waals surface area contributed by atoms with Crippen LogP contribution in [0.1, 0.15) is 39.2 Å². The maximum Gasteiger partial charge on any atom is 0.471 e. The highest BCUT2D eigenvalue weighted by Crippen LogP contribution is 2.38. The van der Waals surface area contributed by atoms with E-state index in [1.807, 2.05) is 36.1 Å². The molecule has 1 aliphatic carbocycles. The number of allylic oxidation sites excluding steroid dienone is 2. The SMILES string of the molecule is C=CN(CC1CCC(n2ccc3c(NC(=O)C(F)(F)F)ncnc32)C1)C(C=NC)=C(C)C. The summed E-state index contributed by atoms with van der Waals surface area (Å²) in [5.41, 5.74) is 2.67. The second kappa shape index (κ2) is 9.54. The Bertz CT molecular complexity index is 1050. The van der Waals surface area contributed by atoms with Crippen LogP contribution in [0.15, 0.2) is 47.6 Å². The van der Waals surface area contributed by atoms with Gasteiger partial charge >= 0.3 is 12.1 Å². The first kappa shape index (κ1) is 23.5. The van der Waals surface area contributed by atoms with Gasteiger partial charge in [-0.25, -0.2) is 9.97 Å². The summed E-state index contributed by atoms with van der Waals surface area (Å²) < 4.78 is 39.9. The van der Waals surface area contributed by atoms with Gasteiger partial charge in [-0.2, -0.15) is 13.2 Å². The van der Waals surface area contributed by atoms with Crippen LogP contribution in [0.25, 0.3) is 11.0 Å². The van der Waals surface area contributed by atoms with Crippen LogP contribution in [0.3, 0.4) is 0 Å². The van der Waals surface area contributed by atoms with Crippen molar-refractivity contribution in [3.8, 4) is 0 Å². The van der Waals surface area contributed by atoms with E-state index in [9.17, 15) is 18.0 Å². The fourth-order valence-electron chi connectivity index (χ4n) is 4.17. The Hall–Kier alpha value is -3.17. The third-order valence-corrected chi connectivity index (χ3v) is 5.65. The zero-order valence-electron chi connectivity index (χ0n) is 18.4. The molecule has 1 fully saturated rings. The molecule has 0 aliphatic heterocycles. The topological polar surface area (TPSA) is 75.4 Å². The number of nitrogens with zero attached hydrogens (tertiary/aromatic N) is 5. The number of aromatic nitrogens is 3. The third-order valence-electron chi connectivity index (χ3n) is 5.65. The van der Waals surface area contributed by atoms with Gasteiger partial charge < -0.3 is 14.8 Å². The van der Waals surface area contributed by atoms with Gasteiger partial charge in [-0.3, -0.25) is 9.79 Å². The summed E-state index contributed by atoms with van der Waals surface area (Å²) in [6.07, 6.45) is 4.43. The van der Waals surface area contributed by atoms with Crippen molar-refractivity contribution < 1.29 is 18.0 Å². The molecular formula is C22H27F3N6O. The molecule has 7 nitrogen and oxygen atoms in total. The fraction of sp³-hybridized carbons (Fsp3) is 0.455. The van der Waals surface area contributed by atoms with Gasteiger partial charge in [-0.15, -0.1) is 0 Å². The Morgan fingerprint density at radius 3 is 2.75 bits per heavy atom. The first-order chi connectivity index (χ1) is 15.2. The molecular weight excluding hydrogens is 421 g/mol. The largest absolute Gasteiger partial charge is 0.471 e. The normalized spacial score (nSPS) is 18.8. The van der Waals surface area contributed by atoms with E-state index in [0.717, 1.165) is 37.1 Å². The van der Waals surface area contributed by atoms with Gasteiger partial charge in [0.1, 0.15) is 17.8 Å². The van der Waals surface area contributed by atoms with Crippen molar-refractivity contribution in [3.05, 3.63) is 42.6 Å². The van der Waals surface area contributed by atoms with Crippen LogP contribution in [-0.2, 0) is 4.79 Å². The number of nitrogens with one attached hydrogen (secondary N) is 1. The summed E-state index contributed by atoms with van der Waals surface area (Å²) in [7, 11) is 1.74. The van der Waals surface area contributed by atoms with Crippen LogP contribution in [0, 0.1) is 5.92 Å². The minimum atomic E-state index is -4.98. The molecule has 2 atom stereocenters. The molecule has 2 aromatic rings. The number of carbonyl (C=O) groups is 1. The Labute approximate surface area is 184 Å². The van der Waals surface area contributed by atoms with E-state index in [0.29, 0.717) is 17.0 Å². The summed E-state index contributed by atoms with van der Waals surface area (Å²) in [6.45, 7) is 8.81. The lowest BCUT2D eigenvalue weighted by Crippen LogP contribution is -2.30. The molecule has 172 valence electrons. The van der Waals surface area contributed by atoms with Crippen molar-refractivity contribution in [1.29, 1.82) is 0 Å². The molecule has 1 aliphatic rings. The minimum Gasteiger partial charge on any atom is -0.347 e. The number of hydrogen-bond acceptors (Lipinski definition) is 5. The molecule has 0 saturated heterocycles. The van der Waals surface area contributed by atoms with Crippen molar-refractivity contribution >= 4 is 29.0 Å². The van der Waals surface area contributed by atoms with Crippen LogP contribution >= 0.6 is 0 Å². The van der Waals surface area contributed by atoms with Crippen LogP contribution in [0.4, 0.5) is 19.0 Å². The molecule has 0 spiro atoms. The second-order valence-corrected chi connectivity index (χ2v) is 8.07. The van der Waals surface area contributed by atoms with Crippen LogP contribution in [0.2, 0.25) is 0 Å². The summed E-state index contributed by atoms with van der Waals surface area (Å²) in [4.78, 5) is 25.7. The van der Waals surface area contributed by atoms with Crippen LogP contribution in [-0.4, -0.2) is 51.3 Å². The Balaban J connectivity index is 1.77. The number of amides is 1. The zero-order valence-corrected chi connectivity index (χ0v) is 18.4. The average Bonchev–Trinajstić information content (AvgIpc) is 3.36. The lowest BCUT2D eigenvalue weighted by atomic mass is 10.1. The zero-order chi connectivity index (χ0) is 23.5. The van der Waals surface area contributed by atoms with E-state index in [1.54, 1.807) is 19.3 Å². The molecule has 32 heavy (non-hydrogen) atoms. The first-order valence-corrected chi connectivity index (χ1v) is 10.3. The predicted octanol–water partition coefficient (Wildman–Crippen LogP) is 4.71. The maximum atomic E-state index is 12.6. The average molecular weight is 448 g/mol. The Morgan fingerprint density at radius 1 is 1.38 bits per heavy atom. The molecule has 2 aromatic heterocycles. The fourth-order valence-corrected chi connectivity index (χ4v) is 4.17. The number of alkyl halides is 3. The molecule has 1 N–H and O–H groups in total. The van der Waals surface area contributed by atoms with Gasteiger partial charge in [0.05, 0.1) is 11.1 Å². The summed E-state index contributed by atoms with van der Waals surface area (Å²) >= 11 is 0. The second-order valence-electron chi connectivity index (χ2n) is 8.07. The van der Waals surface area contributed by atoms with Crippen LogP contribution < -0.4 is 5.32 Å². The van der Waals surface area contributed by atoms with Crippen LogP contribution in [0.5, 0.6) is 0 Å². The first-order valence-electron chi connectivity index (χ1n) is 10.3. The van der Waals surface area contributed by atoms with Gasteiger partial charge in [0.2, 0.25) is 0 Å². The molecule has 0 aromatic carbocycles. The number of halogens is 3. The van der Waals surface area contributed by atoms with Gasteiger partial charge in [-0.1, -0.05) is 12.2 Å². The molecule has 1 saturated carbocycles. The molecule has 0 bridgehead atoms. The van der Waals surface area contributed by atoms with Gasteiger partial charge in [0.25, 0.3) is 0 Å². The smallest absolute Gasteiger partial charge is 0.347 e. The number of anilines is 1. The summed E-state index contributed by atoms with van der Waals surface area (Å²) in [5, 5.41) is 2.22. The predicted molar refractivity (Wildman–Crippen MR) is 118 cm³/mol. The highest BCUT2D eigenvalue weighted by atomic mass is 19.4. The van der Waals surface area contributed by atoms with Crippen molar-refractivity contribution in [2.45, 2.75) is 45.3 Å². The standard InChI is InChI=1S/C22H27F3N6O/c1-5-30(18(11-26-4)14(2)3)12-15-6-7-16(10-15)31-9-8-17-19(27-13-28-20(17)31)29-21(32)22(23,24)25/h5,8-9,11,13,15-16H,1,6-7,10,12H2,2-4H3,(H,27,28,29,32). The van der Waals surface area contributed by atoms with E-state index >= 15 is 0 Å². The van der Waals surface area contributed by atoms with Crippen molar-refractivity contribution in [2.24, 2.45) is 10.9 Å².